The molecule has 1 fully saturated rings. The maximum atomic E-state index is 14.7. The summed E-state index contributed by atoms with van der Waals surface area (Å²) in [5.74, 6) is -0.120. The van der Waals surface area contributed by atoms with Gasteiger partial charge in [0.25, 0.3) is 5.91 Å². The molecule has 0 radical (unpaired) electrons. The second kappa shape index (κ2) is 13.6. The van der Waals surface area contributed by atoms with E-state index in [1.165, 1.54) is 5.57 Å². The van der Waals surface area contributed by atoms with Crippen molar-refractivity contribution in [3.63, 3.8) is 0 Å². The Labute approximate surface area is 307 Å². The lowest BCUT2D eigenvalue weighted by molar-refractivity contribution is -0.119. The number of hydrogen-bond donors (Lipinski definition) is 3. The Kier molecular flexibility index (Phi) is 8.82. The third-order valence-electron chi connectivity index (χ3n) is 10.3. The highest BCUT2D eigenvalue weighted by Crippen LogP contribution is 2.53. The Balaban J connectivity index is 1.29. The highest BCUT2D eigenvalue weighted by molar-refractivity contribution is 6.32. The van der Waals surface area contributed by atoms with Crippen molar-refractivity contribution in [3.05, 3.63) is 135 Å². The van der Waals surface area contributed by atoms with Gasteiger partial charge in [-0.2, -0.15) is 0 Å². The third-order valence-corrected chi connectivity index (χ3v) is 10.7. The monoisotopic (exact) mass is 716 g/mol. The van der Waals surface area contributed by atoms with Crippen LogP contribution in [0.4, 0.5) is 11.4 Å². The van der Waals surface area contributed by atoms with Crippen LogP contribution in [-0.2, 0) is 4.79 Å². The van der Waals surface area contributed by atoms with Crippen molar-refractivity contribution < 1.29 is 9.59 Å². The van der Waals surface area contributed by atoms with E-state index in [-0.39, 0.29) is 29.8 Å². The van der Waals surface area contributed by atoms with Crippen molar-refractivity contribution in [2.24, 2.45) is 5.92 Å². The zero-order chi connectivity index (χ0) is 35.2. The molecule has 258 valence electrons. The molecule has 5 aromatic rings. The molecule has 3 aromatic carbocycles. The van der Waals surface area contributed by atoms with E-state index in [4.69, 9.17) is 23.2 Å². The average molecular weight is 718 g/mol. The standard InChI is InChI=1S/C41H38Cl2N6O2/c1-24-7-6-18-49-39(27-10-12-28(42)13-11-27)31-21-29(43)22-32-36(31)37(40(49)35(24)26-8-4-3-5-9-26)38(46-32)41(51)47-33-23-44-17-14-34(33)48-19-15-30(16-20-48)45-25(2)50/h3-6,8-14,17-18,21-24,30,39,46H,7,15-16,19-20H2,1-2H3,(H,45,50)(H,47,51). The Hall–Kier alpha value is -5.05. The number of fused-ring (bicyclic) bond motifs is 2. The van der Waals surface area contributed by atoms with E-state index in [9.17, 15) is 9.59 Å². The molecule has 3 aliphatic rings. The molecule has 5 heterocycles. The van der Waals surface area contributed by atoms with E-state index in [1.54, 1.807) is 19.3 Å². The van der Waals surface area contributed by atoms with Crippen LogP contribution in [0.3, 0.4) is 0 Å². The maximum absolute atomic E-state index is 14.7. The number of aromatic nitrogens is 2. The summed E-state index contributed by atoms with van der Waals surface area (Å²) in [6, 6.07) is 24.2. The molecule has 2 atom stereocenters. The second-order valence-electron chi connectivity index (χ2n) is 13.6. The van der Waals surface area contributed by atoms with E-state index in [1.807, 2.05) is 36.4 Å². The van der Waals surface area contributed by atoms with Crippen molar-refractivity contribution in [1.82, 2.24) is 20.2 Å². The number of halogens is 2. The smallest absolute Gasteiger partial charge is 0.272 e. The van der Waals surface area contributed by atoms with Crippen LogP contribution in [0, 0.1) is 5.92 Å². The number of amides is 2. The molecule has 0 saturated carbocycles. The number of hydrogen-bond acceptors (Lipinski definition) is 5. The molecule has 51 heavy (non-hydrogen) atoms. The third kappa shape index (κ3) is 6.17. The van der Waals surface area contributed by atoms with Crippen LogP contribution < -0.4 is 15.5 Å². The first-order valence-corrected chi connectivity index (χ1v) is 18.2. The number of piperidine rings is 1. The lowest BCUT2D eigenvalue weighted by Gasteiger charge is -2.39. The number of nitrogens with zero attached hydrogens (tertiary/aromatic N) is 3. The molecule has 3 aliphatic heterocycles. The minimum Gasteiger partial charge on any atom is -0.370 e. The number of aromatic amines is 1. The zero-order valence-corrected chi connectivity index (χ0v) is 29.9. The largest absolute Gasteiger partial charge is 0.370 e. The van der Waals surface area contributed by atoms with Crippen molar-refractivity contribution in [2.75, 3.05) is 23.3 Å². The van der Waals surface area contributed by atoms with Crippen molar-refractivity contribution in [3.8, 4) is 0 Å². The lowest BCUT2D eigenvalue weighted by Crippen LogP contribution is -2.44. The summed E-state index contributed by atoms with van der Waals surface area (Å²) in [6.45, 7) is 5.29. The number of H-pyrrole nitrogens is 1. The van der Waals surface area contributed by atoms with Crippen LogP contribution in [-0.4, -0.2) is 45.8 Å². The van der Waals surface area contributed by atoms with Gasteiger partial charge in [0.05, 0.1) is 29.3 Å². The minimum atomic E-state index is -0.267. The fraction of sp³-hybridized carbons (Fsp3) is 0.244. The second-order valence-corrected chi connectivity index (χ2v) is 14.5. The summed E-state index contributed by atoms with van der Waals surface area (Å²) < 4.78 is 0. The van der Waals surface area contributed by atoms with Gasteiger partial charge in [0.15, 0.2) is 0 Å². The first-order chi connectivity index (χ1) is 24.8. The molecule has 2 unspecified atom stereocenters. The van der Waals surface area contributed by atoms with Crippen molar-refractivity contribution in [1.29, 1.82) is 0 Å². The molecule has 0 aliphatic carbocycles. The van der Waals surface area contributed by atoms with E-state index in [2.05, 4.69) is 86.0 Å². The molecule has 8 nitrogen and oxygen atoms in total. The van der Waals surface area contributed by atoms with Crippen LogP contribution in [0.25, 0.3) is 22.2 Å². The highest BCUT2D eigenvalue weighted by atomic mass is 35.5. The lowest BCUT2D eigenvalue weighted by atomic mass is 9.82. The molecule has 8 rings (SSSR count). The fourth-order valence-electron chi connectivity index (χ4n) is 8.04. The molecule has 2 aromatic heterocycles. The molecule has 2 amide bonds. The molecule has 1 saturated heterocycles. The molecular weight excluding hydrogens is 679 g/mol. The Morgan fingerprint density at radius 1 is 0.961 bits per heavy atom. The Morgan fingerprint density at radius 2 is 1.73 bits per heavy atom. The number of pyridine rings is 1. The van der Waals surface area contributed by atoms with Crippen LogP contribution in [0.1, 0.15) is 71.9 Å². The quantitative estimate of drug-likeness (QED) is 0.163. The fourth-order valence-corrected chi connectivity index (χ4v) is 8.40. The van der Waals surface area contributed by atoms with Gasteiger partial charge >= 0.3 is 0 Å². The first kappa shape index (κ1) is 33.1. The average Bonchev–Trinajstić information content (AvgIpc) is 3.41. The van der Waals surface area contributed by atoms with Gasteiger partial charge in [0.1, 0.15) is 5.69 Å². The number of allylic oxidation sites excluding steroid dienone is 2. The van der Waals surface area contributed by atoms with Gasteiger partial charge in [-0.3, -0.25) is 14.6 Å². The Bertz CT molecular complexity index is 2200. The van der Waals surface area contributed by atoms with Gasteiger partial charge in [-0.1, -0.05) is 78.7 Å². The van der Waals surface area contributed by atoms with Crippen LogP contribution >= 0.6 is 23.2 Å². The van der Waals surface area contributed by atoms with Crippen LogP contribution in [0.5, 0.6) is 0 Å². The first-order valence-electron chi connectivity index (χ1n) is 17.4. The van der Waals surface area contributed by atoms with Gasteiger partial charge in [-0.25, -0.2) is 0 Å². The van der Waals surface area contributed by atoms with Gasteiger partial charge in [-0.05, 0) is 77.8 Å². The predicted octanol–water partition coefficient (Wildman–Crippen LogP) is 9.05. The maximum Gasteiger partial charge on any atom is 0.272 e. The number of anilines is 2. The summed E-state index contributed by atoms with van der Waals surface area (Å²) in [5.41, 5.74) is 8.95. The number of carbonyl (C=O) groups excluding carboxylic acids is 2. The summed E-state index contributed by atoms with van der Waals surface area (Å²) in [6.07, 6.45) is 10.3. The van der Waals surface area contributed by atoms with E-state index >= 15 is 0 Å². The molecule has 0 spiro atoms. The number of nitrogens with one attached hydrogen (secondary N) is 3. The zero-order valence-electron chi connectivity index (χ0n) is 28.4. The van der Waals surface area contributed by atoms with Crippen molar-refractivity contribution in [2.45, 2.75) is 45.2 Å². The topological polar surface area (TPSA) is 93.4 Å². The molecule has 0 bridgehead atoms. The predicted molar refractivity (Wildman–Crippen MR) is 206 cm³/mol. The number of benzene rings is 3. The molecular formula is C41H38Cl2N6O2. The van der Waals surface area contributed by atoms with Gasteiger partial charge in [0.2, 0.25) is 5.91 Å². The van der Waals surface area contributed by atoms with Crippen LogP contribution in [0.2, 0.25) is 10.0 Å². The summed E-state index contributed by atoms with van der Waals surface area (Å²) in [7, 11) is 0. The van der Waals surface area contributed by atoms with E-state index in [0.29, 0.717) is 21.4 Å². The van der Waals surface area contributed by atoms with E-state index < -0.39 is 0 Å². The SMILES string of the molecule is CC(=O)NC1CCN(c2ccncc2NC(=O)c2[nH]c3cc(Cl)cc4c3c2C2=C(c3ccccc3)C(C)CC=CN2C4c2ccc(Cl)cc2)CC1. The summed E-state index contributed by atoms with van der Waals surface area (Å²) >= 11 is 13.2. The number of rotatable bonds is 6. The van der Waals surface area contributed by atoms with Gasteiger partial charge in [-0.15, -0.1) is 0 Å². The number of carbonyl (C=O) groups is 2. The van der Waals surface area contributed by atoms with Gasteiger partial charge in [0, 0.05) is 65.0 Å². The molecule has 3 N–H and O–H groups in total. The van der Waals surface area contributed by atoms with Gasteiger partial charge < -0.3 is 25.4 Å². The van der Waals surface area contributed by atoms with Crippen LogP contribution in [0.15, 0.2) is 97.5 Å². The van der Waals surface area contributed by atoms with Crippen molar-refractivity contribution >= 4 is 68.6 Å². The van der Waals surface area contributed by atoms with E-state index in [0.717, 1.165) is 76.9 Å². The minimum absolute atomic E-state index is 0.0146. The summed E-state index contributed by atoms with van der Waals surface area (Å²) in [5, 5.41) is 8.50. The highest BCUT2D eigenvalue weighted by Gasteiger charge is 2.40. The Morgan fingerprint density at radius 3 is 2.47 bits per heavy atom. The summed E-state index contributed by atoms with van der Waals surface area (Å²) in [4.78, 5) is 38.8. The normalized spacial score (nSPS) is 18.8. The molecule has 10 heteroatoms.